The maximum absolute atomic E-state index is 12.5. The van der Waals surface area contributed by atoms with Gasteiger partial charge in [-0.15, -0.1) is 0 Å². The largest absolute Gasteiger partial charge is 0.284 e. The number of halogens is 2. The van der Waals surface area contributed by atoms with Crippen LogP contribution in [0, 0.1) is 0 Å². The van der Waals surface area contributed by atoms with Crippen LogP contribution < -0.4 is 0 Å². The van der Waals surface area contributed by atoms with Gasteiger partial charge < -0.3 is 0 Å². The molecule has 0 amide bonds. The Kier molecular flexibility index (Phi) is 4.58. The van der Waals surface area contributed by atoms with E-state index in [1.165, 1.54) is 31.4 Å². The molecule has 0 spiro atoms. The number of hydrogen-bond acceptors (Lipinski definition) is 2. The third-order valence-corrected chi connectivity index (χ3v) is 5.79. The van der Waals surface area contributed by atoms with Gasteiger partial charge in [0.25, 0.3) is 6.08 Å². The molecular formula is C15H18F2O2S. The van der Waals surface area contributed by atoms with Crippen LogP contribution in [0.1, 0.15) is 50.5 Å². The second-order valence-corrected chi connectivity index (χ2v) is 7.31. The van der Waals surface area contributed by atoms with Crippen LogP contribution in [0.25, 0.3) is 0 Å². The minimum atomic E-state index is -4.06. The van der Waals surface area contributed by atoms with Crippen LogP contribution in [0.3, 0.4) is 0 Å². The molecule has 0 atom stereocenters. The molecule has 0 heterocycles. The van der Waals surface area contributed by atoms with Gasteiger partial charge >= 0.3 is 0 Å². The molecule has 1 fully saturated rings. The molecule has 0 aliphatic heterocycles. The molecule has 2 nitrogen and oxygen atoms in total. The Balaban J connectivity index is 2.26. The molecule has 0 bridgehead atoms. The maximum atomic E-state index is 12.5. The lowest BCUT2D eigenvalue weighted by Gasteiger charge is -2.22. The van der Waals surface area contributed by atoms with E-state index in [4.69, 9.17) is 0 Å². The van der Waals surface area contributed by atoms with E-state index in [2.05, 4.69) is 0 Å². The molecule has 0 N–H and O–H groups in total. The number of allylic oxidation sites excluding steroid dienone is 1. The summed E-state index contributed by atoms with van der Waals surface area (Å²) in [5.41, 5.74) is 1.10. The van der Waals surface area contributed by atoms with E-state index < -0.39 is 20.8 Å². The fraction of sp³-hybridized carbons (Fsp3) is 0.467. The minimum absolute atomic E-state index is 0.0673. The van der Waals surface area contributed by atoms with Gasteiger partial charge in [-0.05, 0) is 43.4 Å². The average molecular weight is 300 g/mol. The number of sulfone groups is 1. The first kappa shape index (κ1) is 15.2. The third kappa shape index (κ3) is 3.08. The van der Waals surface area contributed by atoms with Crippen molar-refractivity contribution in [2.24, 2.45) is 0 Å². The van der Waals surface area contributed by atoms with Crippen LogP contribution in [-0.4, -0.2) is 8.42 Å². The Morgan fingerprint density at radius 2 is 1.60 bits per heavy atom. The van der Waals surface area contributed by atoms with Gasteiger partial charge in [0, 0.05) is 0 Å². The molecule has 0 saturated heterocycles. The first-order chi connectivity index (χ1) is 9.43. The quantitative estimate of drug-likeness (QED) is 0.815. The van der Waals surface area contributed by atoms with Crippen LogP contribution in [0.15, 0.2) is 40.1 Å². The molecule has 0 radical (unpaired) electrons. The molecule has 5 heteroatoms. The lowest BCUT2D eigenvalue weighted by Crippen LogP contribution is -2.06. The van der Waals surface area contributed by atoms with E-state index in [-0.39, 0.29) is 4.90 Å². The van der Waals surface area contributed by atoms with Crippen molar-refractivity contribution in [2.75, 3.05) is 0 Å². The van der Waals surface area contributed by atoms with Gasteiger partial charge in [-0.3, -0.25) is 0 Å². The fourth-order valence-electron chi connectivity index (χ4n) is 2.63. The highest BCUT2D eigenvalue weighted by molar-refractivity contribution is 7.95. The molecule has 1 aromatic carbocycles. The number of hydrogen-bond donors (Lipinski definition) is 0. The second-order valence-electron chi connectivity index (χ2n) is 5.22. The average Bonchev–Trinajstić information content (AvgIpc) is 2.47. The van der Waals surface area contributed by atoms with Crippen molar-refractivity contribution in [3.63, 3.8) is 0 Å². The highest BCUT2D eigenvalue weighted by atomic mass is 32.2. The predicted molar refractivity (Wildman–Crippen MR) is 74.4 cm³/mol. The summed E-state index contributed by atoms with van der Waals surface area (Å²) in [4.78, 5) is -0.940. The van der Waals surface area contributed by atoms with Crippen molar-refractivity contribution < 1.29 is 17.2 Å². The lowest BCUT2D eigenvalue weighted by atomic mass is 9.84. The predicted octanol–water partition coefficient (Wildman–Crippen LogP) is 4.64. The third-order valence-electron chi connectivity index (χ3n) is 3.94. The van der Waals surface area contributed by atoms with E-state index in [1.54, 1.807) is 12.1 Å². The Bertz CT molecular complexity index is 593. The van der Waals surface area contributed by atoms with Crippen molar-refractivity contribution >= 4 is 9.84 Å². The molecule has 1 aromatic rings. The smallest absolute Gasteiger partial charge is 0.219 e. The lowest BCUT2D eigenvalue weighted by molar-refractivity contribution is 0.416. The summed E-state index contributed by atoms with van der Waals surface area (Å²) in [6, 6.07) is 6.38. The minimum Gasteiger partial charge on any atom is -0.219 e. The molecule has 1 aliphatic rings. The summed E-state index contributed by atoms with van der Waals surface area (Å²) in [6.07, 6.45) is 3.72. The highest BCUT2D eigenvalue weighted by Gasteiger charge is 2.22. The standard InChI is InChI=1S/C15H18F2O2S/c1-11(15(16)17)20(18,19)14-9-7-13(8-10-14)12-5-3-2-4-6-12/h7-10,12H,2-6H2,1H3. The molecule has 110 valence electrons. The molecular weight excluding hydrogens is 282 g/mol. The van der Waals surface area contributed by atoms with Crippen LogP contribution in [0.2, 0.25) is 0 Å². The van der Waals surface area contributed by atoms with Gasteiger partial charge in [0.2, 0.25) is 9.84 Å². The summed E-state index contributed by atoms with van der Waals surface area (Å²) < 4.78 is 48.8. The molecule has 1 saturated carbocycles. The first-order valence-electron chi connectivity index (χ1n) is 6.80. The molecule has 0 aromatic heterocycles. The van der Waals surface area contributed by atoms with E-state index >= 15 is 0 Å². The van der Waals surface area contributed by atoms with Gasteiger partial charge in [-0.25, -0.2) is 8.42 Å². The highest BCUT2D eigenvalue weighted by Crippen LogP contribution is 2.33. The maximum Gasteiger partial charge on any atom is 0.284 e. The van der Waals surface area contributed by atoms with Gasteiger partial charge in [-0.1, -0.05) is 31.4 Å². The molecule has 0 unspecified atom stereocenters. The van der Waals surface area contributed by atoms with E-state index in [0.717, 1.165) is 25.3 Å². The van der Waals surface area contributed by atoms with Gasteiger partial charge in [0.15, 0.2) is 0 Å². The zero-order valence-corrected chi connectivity index (χ0v) is 12.2. The Hall–Kier alpha value is -1.23. The van der Waals surface area contributed by atoms with Crippen molar-refractivity contribution in [3.8, 4) is 0 Å². The van der Waals surface area contributed by atoms with Gasteiger partial charge in [0.1, 0.15) is 4.91 Å². The first-order valence-corrected chi connectivity index (χ1v) is 8.28. The summed E-state index contributed by atoms with van der Waals surface area (Å²) in [5, 5.41) is 0. The van der Waals surface area contributed by atoms with Crippen LogP contribution in [-0.2, 0) is 9.84 Å². The van der Waals surface area contributed by atoms with E-state index in [0.29, 0.717) is 5.92 Å². The van der Waals surface area contributed by atoms with Crippen LogP contribution in [0.4, 0.5) is 8.78 Å². The van der Waals surface area contributed by atoms with Crippen molar-refractivity contribution in [2.45, 2.75) is 49.8 Å². The summed E-state index contributed by atoms with van der Waals surface area (Å²) >= 11 is 0. The number of benzene rings is 1. The molecule has 20 heavy (non-hydrogen) atoms. The van der Waals surface area contributed by atoms with E-state index in [1.807, 2.05) is 0 Å². The Morgan fingerprint density at radius 1 is 1.05 bits per heavy atom. The summed E-state index contributed by atoms with van der Waals surface area (Å²) in [5.74, 6) is 0.468. The van der Waals surface area contributed by atoms with Gasteiger partial charge in [0.05, 0.1) is 4.90 Å². The van der Waals surface area contributed by atoms with Gasteiger partial charge in [-0.2, -0.15) is 8.78 Å². The summed E-state index contributed by atoms with van der Waals surface area (Å²) in [7, 11) is -4.06. The van der Waals surface area contributed by atoms with Crippen LogP contribution >= 0.6 is 0 Å². The number of rotatable bonds is 3. The normalized spacial score (nSPS) is 16.9. The molecule has 1 aliphatic carbocycles. The van der Waals surface area contributed by atoms with Crippen molar-refractivity contribution in [1.82, 2.24) is 0 Å². The van der Waals surface area contributed by atoms with Crippen molar-refractivity contribution in [1.29, 1.82) is 0 Å². The topological polar surface area (TPSA) is 34.1 Å². The van der Waals surface area contributed by atoms with Crippen molar-refractivity contribution in [3.05, 3.63) is 40.8 Å². The molecule has 2 rings (SSSR count). The zero-order valence-electron chi connectivity index (χ0n) is 11.4. The Labute approximate surface area is 118 Å². The van der Waals surface area contributed by atoms with Crippen LogP contribution in [0.5, 0.6) is 0 Å². The zero-order chi connectivity index (χ0) is 14.8. The summed E-state index contributed by atoms with van der Waals surface area (Å²) in [6.45, 7) is 0.930. The monoisotopic (exact) mass is 300 g/mol. The fourth-order valence-corrected chi connectivity index (χ4v) is 3.68. The van der Waals surface area contributed by atoms with E-state index in [9.17, 15) is 17.2 Å². The SMILES string of the molecule is CC(=C(F)F)S(=O)(=O)c1ccc(C2CCCCC2)cc1. The second kappa shape index (κ2) is 6.04. The Morgan fingerprint density at radius 3 is 2.10 bits per heavy atom.